The van der Waals surface area contributed by atoms with Crippen LogP contribution in [0.25, 0.3) is 0 Å². The maximum absolute atomic E-state index is 2.44. The molecule has 0 aromatic rings. The topological polar surface area (TPSA) is 0 Å². The first-order chi connectivity index (χ1) is 8.55. The summed E-state index contributed by atoms with van der Waals surface area (Å²) in [6.45, 7) is 9.62. The molecule has 0 amide bonds. The maximum atomic E-state index is 2.44. The van der Waals surface area contributed by atoms with Crippen LogP contribution in [0.4, 0.5) is 0 Å². The van der Waals surface area contributed by atoms with Crippen LogP contribution in [0.1, 0.15) is 85.5 Å². The summed E-state index contributed by atoms with van der Waals surface area (Å²) in [7, 11) is 0. The molecule has 1 aliphatic carbocycles. The van der Waals surface area contributed by atoms with Gasteiger partial charge >= 0.3 is 0 Å². The second kappa shape index (κ2) is 8.51. The molecular weight excluding hydrogens is 236 g/mol. The highest BCUT2D eigenvalue weighted by Gasteiger charge is 2.33. The zero-order valence-electron chi connectivity index (χ0n) is 13.1. The quantitative estimate of drug-likeness (QED) is 0.489. The number of unbranched alkanes of at least 4 members (excludes halogenated alkanes) is 4. The molecule has 2 unspecified atom stereocenters. The van der Waals surface area contributed by atoms with Gasteiger partial charge in [0.2, 0.25) is 0 Å². The van der Waals surface area contributed by atoms with Crippen molar-refractivity contribution in [3.05, 3.63) is 0 Å². The zero-order valence-corrected chi connectivity index (χ0v) is 14.0. The smallest absolute Gasteiger partial charge is 0.00803 e. The van der Waals surface area contributed by atoms with Gasteiger partial charge in [-0.1, -0.05) is 66.2 Å². The predicted molar refractivity (Wildman–Crippen MR) is 86.4 cm³/mol. The fourth-order valence-electron chi connectivity index (χ4n) is 3.23. The average molecular weight is 271 g/mol. The Bertz CT molecular complexity index is 204. The van der Waals surface area contributed by atoms with E-state index < -0.39 is 0 Å². The van der Waals surface area contributed by atoms with Gasteiger partial charge in [-0.2, -0.15) is 11.8 Å². The Morgan fingerprint density at radius 1 is 0.944 bits per heavy atom. The van der Waals surface area contributed by atoms with Gasteiger partial charge < -0.3 is 0 Å². The average Bonchev–Trinajstić information content (AvgIpc) is 2.33. The zero-order chi connectivity index (χ0) is 13.4. The summed E-state index contributed by atoms with van der Waals surface area (Å²) in [5.41, 5.74) is 0.514. The molecular formula is C17H34S. The molecule has 108 valence electrons. The van der Waals surface area contributed by atoms with E-state index in [1.165, 1.54) is 63.5 Å². The minimum absolute atomic E-state index is 0.514. The van der Waals surface area contributed by atoms with Crippen LogP contribution in [-0.4, -0.2) is 11.0 Å². The monoisotopic (exact) mass is 270 g/mol. The lowest BCUT2D eigenvalue weighted by Gasteiger charge is -2.40. The van der Waals surface area contributed by atoms with Crippen LogP contribution in [0.15, 0.2) is 0 Å². The molecule has 0 bridgehead atoms. The fraction of sp³-hybridized carbons (Fsp3) is 1.00. The van der Waals surface area contributed by atoms with Crippen molar-refractivity contribution in [1.82, 2.24) is 0 Å². The lowest BCUT2D eigenvalue weighted by Crippen LogP contribution is -2.33. The molecule has 1 saturated carbocycles. The van der Waals surface area contributed by atoms with E-state index in [0.717, 1.165) is 11.2 Å². The standard InChI is InChI=1S/C17H34S/c1-5-6-7-8-11-14-18-16-13-10-9-12-15(16)17(2,3)4/h15-16H,5-14H2,1-4H3. The van der Waals surface area contributed by atoms with Crippen molar-refractivity contribution in [2.75, 3.05) is 5.75 Å². The third-order valence-electron chi connectivity index (χ3n) is 4.39. The molecule has 18 heavy (non-hydrogen) atoms. The summed E-state index contributed by atoms with van der Waals surface area (Å²) >= 11 is 2.29. The van der Waals surface area contributed by atoms with Gasteiger partial charge in [0.1, 0.15) is 0 Å². The van der Waals surface area contributed by atoms with E-state index in [-0.39, 0.29) is 0 Å². The Morgan fingerprint density at radius 3 is 2.28 bits per heavy atom. The number of thioether (sulfide) groups is 1. The Labute approximate surface area is 120 Å². The van der Waals surface area contributed by atoms with Crippen LogP contribution in [0.5, 0.6) is 0 Å². The summed E-state index contributed by atoms with van der Waals surface area (Å²) in [4.78, 5) is 0. The van der Waals surface area contributed by atoms with E-state index in [4.69, 9.17) is 0 Å². The third-order valence-corrected chi connectivity index (χ3v) is 5.91. The molecule has 1 heteroatoms. The third kappa shape index (κ3) is 5.99. The Morgan fingerprint density at radius 2 is 1.61 bits per heavy atom. The summed E-state index contributed by atoms with van der Waals surface area (Å²) in [5, 5.41) is 0.949. The van der Waals surface area contributed by atoms with E-state index in [0.29, 0.717) is 5.41 Å². The van der Waals surface area contributed by atoms with E-state index in [1.807, 2.05) is 0 Å². The molecule has 0 aromatic carbocycles. The molecule has 1 fully saturated rings. The van der Waals surface area contributed by atoms with Crippen LogP contribution in [-0.2, 0) is 0 Å². The molecule has 0 saturated heterocycles. The van der Waals surface area contributed by atoms with Crippen molar-refractivity contribution in [2.45, 2.75) is 90.7 Å². The van der Waals surface area contributed by atoms with E-state index in [1.54, 1.807) is 0 Å². The van der Waals surface area contributed by atoms with Crippen LogP contribution in [0.3, 0.4) is 0 Å². The van der Waals surface area contributed by atoms with Gasteiger partial charge in [-0.15, -0.1) is 0 Å². The van der Waals surface area contributed by atoms with Gasteiger partial charge in [-0.25, -0.2) is 0 Å². The first-order valence-corrected chi connectivity index (χ1v) is 9.22. The maximum Gasteiger partial charge on any atom is 0.00803 e. The molecule has 0 radical (unpaired) electrons. The van der Waals surface area contributed by atoms with Crippen LogP contribution in [0.2, 0.25) is 0 Å². The largest absolute Gasteiger partial charge is 0.158 e. The normalized spacial score (nSPS) is 25.3. The van der Waals surface area contributed by atoms with Crippen LogP contribution >= 0.6 is 11.8 Å². The molecule has 0 heterocycles. The van der Waals surface area contributed by atoms with E-state index in [2.05, 4.69) is 39.5 Å². The van der Waals surface area contributed by atoms with Crippen molar-refractivity contribution in [3.63, 3.8) is 0 Å². The second-order valence-corrected chi connectivity index (χ2v) is 8.43. The molecule has 1 rings (SSSR count). The first kappa shape index (κ1) is 16.4. The first-order valence-electron chi connectivity index (χ1n) is 8.17. The van der Waals surface area contributed by atoms with Gasteiger partial charge in [0, 0.05) is 5.25 Å². The van der Waals surface area contributed by atoms with Crippen LogP contribution in [0, 0.1) is 11.3 Å². The number of rotatable bonds is 7. The highest BCUT2D eigenvalue weighted by molar-refractivity contribution is 7.99. The summed E-state index contributed by atoms with van der Waals surface area (Å²) in [5.74, 6) is 2.35. The van der Waals surface area contributed by atoms with Crippen LogP contribution < -0.4 is 0 Å². The fourth-order valence-corrected chi connectivity index (χ4v) is 5.01. The van der Waals surface area contributed by atoms with Gasteiger partial charge in [0.15, 0.2) is 0 Å². The Balaban J connectivity index is 2.21. The molecule has 0 N–H and O–H groups in total. The molecule has 0 aliphatic heterocycles. The summed E-state index contributed by atoms with van der Waals surface area (Å²) in [6, 6.07) is 0. The van der Waals surface area contributed by atoms with E-state index >= 15 is 0 Å². The van der Waals surface area contributed by atoms with Crippen molar-refractivity contribution >= 4 is 11.8 Å². The molecule has 1 aliphatic rings. The molecule has 2 atom stereocenters. The minimum atomic E-state index is 0.514. The highest BCUT2D eigenvalue weighted by Crippen LogP contribution is 2.43. The van der Waals surface area contributed by atoms with Gasteiger partial charge in [0.05, 0.1) is 0 Å². The SMILES string of the molecule is CCCCCCCSC1CCCCC1C(C)(C)C. The predicted octanol–water partition coefficient (Wildman–Crippen LogP) is 6.29. The lowest BCUT2D eigenvalue weighted by molar-refractivity contribution is 0.187. The number of hydrogen-bond donors (Lipinski definition) is 0. The van der Waals surface area contributed by atoms with Crippen molar-refractivity contribution in [1.29, 1.82) is 0 Å². The minimum Gasteiger partial charge on any atom is -0.158 e. The number of hydrogen-bond acceptors (Lipinski definition) is 1. The highest BCUT2D eigenvalue weighted by atomic mass is 32.2. The van der Waals surface area contributed by atoms with Gasteiger partial charge in [0.25, 0.3) is 0 Å². The Hall–Kier alpha value is 0.350. The lowest BCUT2D eigenvalue weighted by atomic mass is 9.72. The molecule has 0 spiro atoms. The van der Waals surface area contributed by atoms with Gasteiger partial charge in [-0.3, -0.25) is 0 Å². The molecule has 0 nitrogen and oxygen atoms in total. The van der Waals surface area contributed by atoms with Crippen molar-refractivity contribution in [3.8, 4) is 0 Å². The van der Waals surface area contributed by atoms with Crippen molar-refractivity contribution in [2.24, 2.45) is 11.3 Å². The van der Waals surface area contributed by atoms with E-state index in [9.17, 15) is 0 Å². The summed E-state index contributed by atoms with van der Waals surface area (Å²) < 4.78 is 0. The van der Waals surface area contributed by atoms with Gasteiger partial charge in [-0.05, 0) is 36.3 Å². The van der Waals surface area contributed by atoms with Crippen molar-refractivity contribution < 1.29 is 0 Å². The summed E-state index contributed by atoms with van der Waals surface area (Å²) in [6.07, 6.45) is 13.0. The second-order valence-electron chi connectivity index (χ2n) is 7.08. The Kier molecular flexibility index (Phi) is 7.75. The molecule has 0 aromatic heterocycles.